The van der Waals surface area contributed by atoms with Crippen molar-refractivity contribution in [2.75, 3.05) is 5.32 Å². The maximum atomic E-state index is 11.7. The molecule has 6 heteroatoms. The van der Waals surface area contributed by atoms with Crippen molar-refractivity contribution in [3.05, 3.63) is 38.7 Å². The Morgan fingerprint density at radius 3 is 2.69 bits per heavy atom. The summed E-state index contributed by atoms with van der Waals surface area (Å²) in [5.74, 6) is -1.32. The van der Waals surface area contributed by atoms with Crippen molar-refractivity contribution in [3.63, 3.8) is 0 Å². The molecule has 2 aromatic heterocycles. The van der Waals surface area contributed by atoms with E-state index in [4.69, 9.17) is 5.11 Å². The summed E-state index contributed by atoms with van der Waals surface area (Å²) in [5, 5.41) is 16.6. The molecule has 16 heavy (non-hydrogen) atoms. The molecule has 2 rings (SSSR count). The molecule has 0 bridgehead atoms. The van der Waals surface area contributed by atoms with Crippen LogP contribution in [0.2, 0.25) is 0 Å². The second-order valence-electron chi connectivity index (χ2n) is 2.93. The van der Waals surface area contributed by atoms with E-state index in [0.717, 1.165) is 11.3 Å². The molecule has 0 saturated heterocycles. The molecule has 1 amide bonds. The van der Waals surface area contributed by atoms with E-state index in [9.17, 15) is 9.59 Å². The van der Waals surface area contributed by atoms with Crippen LogP contribution < -0.4 is 5.32 Å². The van der Waals surface area contributed by atoms with Crippen LogP contribution in [0.5, 0.6) is 0 Å². The van der Waals surface area contributed by atoms with Crippen molar-refractivity contribution in [2.45, 2.75) is 0 Å². The third-order valence-electron chi connectivity index (χ3n) is 1.89. The number of carbonyl (C=O) groups is 2. The van der Waals surface area contributed by atoms with Crippen LogP contribution in [0.25, 0.3) is 0 Å². The van der Waals surface area contributed by atoms with Crippen molar-refractivity contribution in [1.82, 2.24) is 0 Å². The predicted octanol–water partition coefficient (Wildman–Crippen LogP) is 2.76. The van der Waals surface area contributed by atoms with Gasteiger partial charge in [-0.3, -0.25) is 4.79 Å². The molecule has 0 saturated carbocycles. The van der Waals surface area contributed by atoms with Crippen LogP contribution in [0.15, 0.2) is 28.3 Å². The lowest BCUT2D eigenvalue weighted by Gasteiger charge is -2.02. The molecule has 0 radical (unpaired) electrons. The van der Waals surface area contributed by atoms with Crippen molar-refractivity contribution in [2.24, 2.45) is 0 Å². The number of anilines is 1. The zero-order valence-electron chi connectivity index (χ0n) is 7.97. The average molecular weight is 253 g/mol. The Morgan fingerprint density at radius 1 is 1.25 bits per heavy atom. The summed E-state index contributed by atoms with van der Waals surface area (Å²) in [4.78, 5) is 22.6. The van der Waals surface area contributed by atoms with Crippen LogP contribution in [0, 0.1) is 0 Å². The minimum atomic E-state index is -1.03. The SMILES string of the molecule is O=C(Nc1ccsc1C(=O)O)c1ccsc1. The molecule has 0 aliphatic carbocycles. The highest BCUT2D eigenvalue weighted by molar-refractivity contribution is 7.12. The highest BCUT2D eigenvalue weighted by Crippen LogP contribution is 2.23. The van der Waals surface area contributed by atoms with E-state index in [1.54, 1.807) is 28.3 Å². The Hall–Kier alpha value is -1.66. The first-order valence-electron chi connectivity index (χ1n) is 4.33. The fourth-order valence-electron chi connectivity index (χ4n) is 1.16. The molecule has 0 unspecified atom stereocenters. The first-order valence-corrected chi connectivity index (χ1v) is 6.15. The van der Waals surface area contributed by atoms with Crippen LogP contribution in [0.1, 0.15) is 20.0 Å². The van der Waals surface area contributed by atoms with Crippen LogP contribution in [-0.2, 0) is 0 Å². The summed E-state index contributed by atoms with van der Waals surface area (Å²) in [6, 6.07) is 3.27. The maximum Gasteiger partial charge on any atom is 0.348 e. The molecule has 4 nitrogen and oxygen atoms in total. The minimum absolute atomic E-state index is 0.142. The standard InChI is InChI=1S/C10H7NO3S2/c12-9(6-1-3-15-5-6)11-7-2-4-16-8(7)10(13)14/h1-5H,(H,11,12)(H,13,14). The molecule has 2 N–H and O–H groups in total. The molecule has 2 heterocycles. The monoisotopic (exact) mass is 253 g/mol. The summed E-state index contributed by atoms with van der Waals surface area (Å²) in [6.45, 7) is 0. The fourth-order valence-corrected chi connectivity index (χ4v) is 2.48. The second-order valence-corrected chi connectivity index (χ2v) is 4.63. The van der Waals surface area contributed by atoms with E-state index in [0.29, 0.717) is 11.3 Å². The number of carboxylic acid groups (broad SMARTS) is 1. The van der Waals surface area contributed by atoms with Crippen molar-refractivity contribution in [3.8, 4) is 0 Å². The van der Waals surface area contributed by atoms with Crippen LogP contribution in [-0.4, -0.2) is 17.0 Å². The van der Waals surface area contributed by atoms with Crippen LogP contribution in [0.3, 0.4) is 0 Å². The Kier molecular flexibility index (Phi) is 3.02. The zero-order valence-corrected chi connectivity index (χ0v) is 9.60. The number of carboxylic acids is 1. The quantitative estimate of drug-likeness (QED) is 0.883. The van der Waals surface area contributed by atoms with Crippen LogP contribution >= 0.6 is 22.7 Å². The number of hydrogen-bond donors (Lipinski definition) is 2. The first kappa shape index (κ1) is 10.8. The number of thiophene rings is 2. The molecule has 82 valence electrons. The number of hydrogen-bond acceptors (Lipinski definition) is 4. The van der Waals surface area contributed by atoms with E-state index in [1.165, 1.54) is 11.3 Å². The average Bonchev–Trinajstić information content (AvgIpc) is 2.86. The van der Waals surface area contributed by atoms with Gasteiger partial charge in [-0.05, 0) is 22.9 Å². The smallest absolute Gasteiger partial charge is 0.348 e. The highest BCUT2D eigenvalue weighted by atomic mass is 32.1. The maximum absolute atomic E-state index is 11.7. The van der Waals surface area contributed by atoms with Gasteiger partial charge in [0.15, 0.2) is 0 Å². The number of aromatic carboxylic acids is 1. The van der Waals surface area contributed by atoms with Gasteiger partial charge in [-0.2, -0.15) is 11.3 Å². The summed E-state index contributed by atoms with van der Waals surface area (Å²) in [6.07, 6.45) is 0. The number of nitrogens with one attached hydrogen (secondary N) is 1. The Bertz CT molecular complexity index is 516. The Balaban J connectivity index is 2.18. The lowest BCUT2D eigenvalue weighted by atomic mass is 10.3. The highest BCUT2D eigenvalue weighted by Gasteiger charge is 2.14. The molecule has 0 spiro atoms. The lowest BCUT2D eigenvalue weighted by Crippen LogP contribution is -2.12. The van der Waals surface area contributed by atoms with Gasteiger partial charge in [-0.1, -0.05) is 0 Å². The lowest BCUT2D eigenvalue weighted by molar-refractivity contribution is 0.0703. The summed E-state index contributed by atoms with van der Waals surface area (Å²) in [5.41, 5.74) is 0.876. The minimum Gasteiger partial charge on any atom is -0.477 e. The van der Waals surface area contributed by atoms with Gasteiger partial charge in [-0.25, -0.2) is 4.79 Å². The zero-order chi connectivity index (χ0) is 11.5. The fraction of sp³-hybridized carbons (Fsp3) is 0. The third-order valence-corrected chi connectivity index (χ3v) is 3.48. The van der Waals surface area contributed by atoms with E-state index in [-0.39, 0.29) is 10.8 Å². The first-order chi connectivity index (χ1) is 7.68. The van der Waals surface area contributed by atoms with Gasteiger partial charge in [-0.15, -0.1) is 11.3 Å². The summed E-state index contributed by atoms with van der Waals surface area (Å²) in [7, 11) is 0. The number of rotatable bonds is 3. The largest absolute Gasteiger partial charge is 0.477 e. The van der Waals surface area contributed by atoms with E-state index >= 15 is 0 Å². The van der Waals surface area contributed by atoms with Gasteiger partial charge in [0.2, 0.25) is 0 Å². The molecule has 0 atom stereocenters. The van der Waals surface area contributed by atoms with Crippen LogP contribution in [0.4, 0.5) is 5.69 Å². The molecule has 0 fully saturated rings. The number of amides is 1. The summed E-state index contributed by atoms with van der Waals surface area (Å²) < 4.78 is 0. The van der Waals surface area contributed by atoms with E-state index < -0.39 is 5.97 Å². The van der Waals surface area contributed by atoms with E-state index in [2.05, 4.69) is 5.32 Å². The van der Waals surface area contributed by atoms with Gasteiger partial charge in [0.1, 0.15) is 4.88 Å². The summed E-state index contributed by atoms with van der Waals surface area (Å²) >= 11 is 2.50. The normalized spacial score (nSPS) is 10.0. The molecule has 0 aromatic carbocycles. The second kappa shape index (κ2) is 4.46. The topological polar surface area (TPSA) is 66.4 Å². The van der Waals surface area contributed by atoms with Gasteiger partial charge in [0.05, 0.1) is 11.3 Å². The molecular weight excluding hydrogens is 246 g/mol. The van der Waals surface area contributed by atoms with Gasteiger partial charge in [0, 0.05) is 5.38 Å². The molecular formula is C10H7NO3S2. The predicted molar refractivity (Wildman–Crippen MR) is 63.6 cm³/mol. The third kappa shape index (κ3) is 2.12. The van der Waals surface area contributed by atoms with Crippen molar-refractivity contribution >= 4 is 40.2 Å². The molecule has 0 aliphatic heterocycles. The van der Waals surface area contributed by atoms with Gasteiger partial charge >= 0.3 is 5.97 Å². The van der Waals surface area contributed by atoms with Gasteiger partial charge < -0.3 is 10.4 Å². The molecule has 2 aromatic rings. The van der Waals surface area contributed by atoms with Crippen molar-refractivity contribution in [1.29, 1.82) is 0 Å². The van der Waals surface area contributed by atoms with E-state index in [1.807, 2.05) is 0 Å². The van der Waals surface area contributed by atoms with Gasteiger partial charge in [0.25, 0.3) is 5.91 Å². The molecule has 0 aliphatic rings. The number of carbonyl (C=O) groups excluding carboxylic acids is 1. The van der Waals surface area contributed by atoms with Crippen molar-refractivity contribution < 1.29 is 14.7 Å². The Labute approximate surface area is 99.2 Å². The Morgan fingerprint density at radius 2 is 2.06 bits per heavy atom.